The van der Waals surface area contributed by atoms with Gasteiger partial charge >= 0.3 is 0 Å². The second kappa shape index (κ2) is 7.49. The second-order valence-electron chi connectivity index (χ2n) is 6.16. The van der Waals surface area contributed by atoms with Crippen molar-refractivity contribution in [2.24, 2.45) is 0 Å². The quantitative estimate of drug-likeness (QED) is 0.777. The molecule has 128 valence electrons. The number of fused-ring (bicyclic) bond motifs is 1. The molecule has 0 atom stereocenters. The van der Waals surface area contributed by atoms with E-state index in [1.165, 1.54) is 16.3 Å². The molecular formula is C20H22N4O. The van der Waals surface area contributed by atoms with Gasteiger partial charge in [-0.3, -0.25) is 0 Å². The van der Waals surface area contributed by atoms with Gasteiger partial charge in [0, 0.05) is 45.0 Å². The lowest BCUT2D eigenvalue weighted by molar-refractivity contribution is 0.308. The standard InChI is InChI=1S/C20H22N4O/c1-2-7-18-16(4-1)5-3-6-17(18)8-15-25-20-19(22-9-10-23-20)24-13-11-21-12-14-24/h1-7,9-10,21H,8,11-15H2. The van der Waals surface area contributed by atoms with Crippen LogP contribution in [0.5, 0.6) is 5.88 Å². The van der Waals surface area contributed by atoms with E-state index >= 15 is 0 Å². The zero-order valence-electron chi connectivity index (χ0n) is 14.2. The van der Waals surface area contributed by atoms with Crippen molar-refractivity contribution >= 4 is 16.6 Å². The highest BCUT2D eigenvalue weighted by molar-refractivity contribution is 5.85. The van der Waals surface area contributed by atoms with Crippen LogP contribution in [0.2, 0.25) is 0 Å². The van der Waals surface area contributed by atoms with Crippen molar-refractivity contribution in [1.29, 1.82) is 0 Å². The Balaban J connectivity index is 1.46. The van der Waals surface area contributed by atoms with Gasteiger partial charge in [-0.2, -0.15) is 0 Å². The average molecular weight is 334 g/mol. The summed E-state index contributed by atoms with van der Waals surface area (Å²) in [6.07, 6.45) is 4.27. The van der Waals surface area contributed by atoms with E-state index in [1.807, 2.05) is 0 Å². The fourth-order valence-electron chi connectivity index (χ4n) is 3.28. The molecule has 1 aliphatic heterocycles. The Kier molecular flexibility index (Phi) is 4.74. The van der Waals surface area contributed by atoms with E-state index in [2.05, 4.69) is 62.6 Å². The highest BCUT2D eigenvalue weighted by atomic mass is 16.5. The van der Waals surface area contributed by atoms with Gasteiger partial charge < -0.3 is 15.0 Å². The monoisotopic (exact) mass is 334 g/mol. The zero-order chi connectivity index (χ0) is 16.9. The molecule has 0 unspecified atom stereocenters. The van der Waals surface area contributed by atoms with Crippen LogP contribution in [0.15, 0.2) is 54.9 Å². The minimum absolute atomic E-state index is 0.589. The van der Waals surface area contributed by atoms with E-state index in [-0.39, 0.29) is 0 Å². The second-order valence-corrected chi connectivity index (χ2v) is 6.16. The Morgan fingerprint density at radius 1 is 0.960 bits per heavy atom. The van der Waals surface area contributed by atoms with E-state index in [9.17, 15) is 0 Å². The van der Waals surface area contributed by atoms with Crippen LogP contribution < -0.4 is 15.0 Å². The highest BCUT2D eigenvalue weighted by Gasteiger charge is 2.17. The van der Waals surface area contributed by atoms with Crippen LogP contribution in [0.3, 0.4) is 0 Å². The van der Waals surface area contributed by atoms with Crippen LogP contribution in [0.4, 0.5) is 5.82 Å². The summed E-state index contributed by atoms with van der Waals surface area (Å²) in [7, 11) is 0. The third kappa shape index (κ3) is 3.56. The van der Waals surface area contributed by atoms with E-state index in [1.54, 1.807) is 12.4 Å². The summed E-state index contributed by atoms with van der Waals surface area (Å²) >= 11 is 0. The predicted molar refractivity (Wildman–Crippen MR) is 100 cm³/mol. The van der Waals surface area contributed by atoms with Crippen molar-refractivity contribution in [3.8, 4) is 5.88 Å². The summed E-state index contributed by atoms with van der Waals surface area (Å²) < 4.78 is 6.01. The van der Waals surface area contributed by atoms with Crippen molar-refractivity contribution in [2.75, 3.05) is 37.7 Å². The van der Waals surface area contributed by atoms with Crippen LogP contribution in [0.1, 0.15) is 5.56 Å². The Bertz CT molecular complexity index is 840. The number of hydrogen-bond acceptors (Lipinski definition) is 5. The number of benzene rings is 2. The first-order valence-electron chi connectivity index (χ1n) is 8.78. The molecule has 2 heterocycles. The minimum atomic E-state index is 0.589. The molecule has 1 aliphatic rings. The van der Waals surface area contributed by atoms with Crippen LogP contribution in [-0.4, -0.2) is 42.8 Å². The van der Waals surface area contributed by atoms with E-state index in [0.29, 0.717) is 12.5 Å². The van der Waals surface area contributed by atoms with Crippen LogP contribution >= 0.6 is 0 Å². The van der Waals surface area contributed by atoms with Crippen molar-refractivity contribution in [1.82, 2.24) is 15.3 Å². The maximum Gasteiger partial charge on any atom is 0.257 e. The van der Waals surface area contributed by atoms with Gasteiger partial charge in [0.25, 0.3) is 5.88 Å². The van der Waals surface area contributed by atoms with Crippen LogP contribution in [0, 0.1) is 0 Å². The Hall–Kier alpha value is -2.66. The predicted octanol–water partition coefficient (Wildman–Crippen LogP) is 2.66. The van der Waals surface area contributed by atoms with Crippen LogP contribution in [-0.2, 0) is 6.42 Å². The molecule has 0 bridgehead atoms. The average Bonchev–Trinajstić information content (AvgIpc) is 2.69. The number of nitrogens with one attached hydrogen (secondary N) is 1. The van der Waals surface area contributed by atoms with Crippen molar-refractivity contribution in [3.05, 3.63) is 60.4 Å². The molecule has 0 saturated carbocycles. The number of hydrogen-bond donors (Lipinski definition) is 1. The fraction of sp³-hybridized carbons (Fsp3) is 0.300. The zero-order valence-corrected chi connectivity index (χ0v) is 14.2. The lowest BCUT2D eigenvalue weighted by Gasteiger charge is -2.28. The normalized spacial score (nSPS) is 14.6. The molecule has 3 aromatic rings. The molecule has 1 saturated heterocycles. The van der Waals surface area contributed by atoms with E-state index < -0.39 is 0 Å². The van der Waals surface area contributed by atoms with Gasteiger partial charge in [0.2, 0.25) is 0 Å². The van der Waals surface area contributed by atoms with Gasteiger partial charge in [0.1, 0.15) is 0 Å². The largest absolute Gasteiger partial charge is 0.475 e. The summed E-state index contributed by atoms with van der Waals surface area (Å²) in [5.74, 6) is 1.48. The summed E-state index contributed by atoms with van der Waals surface area (Å²) in [4.78, 5) is 11.1. The first kappa shape index (κ1) is 15.8. The third-order valence-corrected chi connectivity index (χ3v) is 4.55. The van der Waals surface area contributed by atoms with Crippen molar-refractivity contribution in [3.63, 3.8) is 0 Å². The van der Waals surface area contributed by atoms with E-state index in [4.69, 9.17) is 4.74 Å². The van der Waals surface area contributed by atoms with Crippen molar-refractivity contribution < 1.29 is 4.74 Å². The number of rotatable bonds is 5. The highest BCUT2D eigenvalue weighted by Crippen LogP contribution is 2.24. The van der Waals surface area contributed by atoms with Gasteiger partial charge in [0.15, 0.2) is 5.82 Å². The molecule has 25 heavy (non-hydrogen) atoms. The molecule has 5 nitrogen and oxygen atoms in total. The summed E-state index contributed by atoms with van der Waals surface area (Å²) in [6.45, 7) is 4.38. The SMILES string of the molecule is c1ccc2c(CCOc3nccnc3N3CCNCC3)cccc2c1. The maximum atomic E-state index is 6.01. The molecule has 1 aromatic heterocycles. The molecule has 1 N–H and O–H groups in total. The maximum absolute atomic E-state index is 6.01. The number of piperazine rings is 1. The topological polar surface area (TPSA) is 50.3 Å². The number of nitrogens with zero attached hydrogens (tertiary/aromatic N) is 3. The molecule has 1 fully saturated rings. The molecule has 0 radical (unpaired) electrons. The molecular weight excluding hydrogens is 312 g/mol. The number of ether oxygens (including phenoxy) is 1. The smallest absolute Gasteiger partial charge is 0.257 e. The fourth-order valence-corrected chi connectivity index (χ4v) is 3.28. The van der Waals surface area contributed by atoms with Gasteiger partial charge in [0.05, 0.1) is 6.61 Å². The number of aromatic nitrogens is 2. The van der Waals surface area contributed by atoms with E-state index in [0.717, 1.165) is 38.4 Å². The molecule has 0 spiro atoms. The minimum Gasteiger partial charge on any atom is -0.475 e. The van der Waals surface area contributed by atoms with Gasteiger partial charge in [-0.25, -0.2) is 9.97 Å². The first-order valence-corrected chi connectivity index (χ1v) is 8.78. The van der Waals surface area contributed by atoms with Gasteiger partial charge in [-0.05, 0) is 16.3 Å². The summed E-state index contributed by atoms with van der Waals surface area (Å²) in [6, 6.07) is 14.9. The lowest BCUT2D eigenvalue weighted by Crippen LogP contribution is -2.44. The Morgan fingerprint density at radius 2 is 1.76 bits per heavy atom. The van der Waals surface area contributed by atoms with Crippen molar-refractivity contribution in [2.45, 2.75) is 6.42 Å². The number of anilines is 1. The van der Waals surface area contributed by atoms with Gasteiger partial charge in [-0.1, -0.05) is 42.5 Å². The summed E-state index contributed by atoms with van der Waals surface area (Å²) in [5, 5.41) is 5.91. The third-order valence-electron chi connectivity index (χ3n) is 4.55. The first-order chi connectivity index (χ1) is 12.4. The Labute approximate surface area is 147 Å². The van der Waals surface area contributed by atoms with Crippen LogP contribution in [0.25, 0.3) is 10.8 Å². The molecule has 4 rings (SSSR count). The molecule has 0 amide bonds. The summed E-state index contributed by atoms with van der Waals surface area (Å²) in [5.41, 5.74) is 1.30. The molecule has 5 heteroatoms. The Morgan fingerprint density at radius 3 is 2.68 bits per heavy atom. The lowest BCUT2D eigenvalue weighted by atomic mass is 10.0. The van der Waals surface area contributed by atoms with Gasteiger partial charge in [-0.15, -0.1) is 0 Å². The molecule has 2 aromatic carbocycles. The molecule has 0 aliphatic carbocycles.